The quantitative estimate of drug-likeness (QED) is 0.0282. The highest BCUT2D eigenvalue weighted by Crippen LogP contribution is 2.38. The van der Waals surface area contributed by atoms with Crippen LogP contribution in [0.2, 0.25) is 0 Å². The highest BCUT2D eigenvalue weighted by atomic mass is 31.2. The lowest BCUT2D eigenvalue weighted by Crippen LogP contribution is -2.45. The number of unbranched alkanes of at least 4 members (excludes halogenated alkanes) is 16. The summed E-state index contributed by atoms with van der Waals surface area (Å²) in [5.74, 6) is -0.229. The lowest BCUT2D eigenvalue weighted by Gasteiger charge is -2.29. The van der Waals surface area contributed by atoms with Crippen LogP contribution in [0.15, 0.2) is 60.8 Å². The molecule has 1 amide bonds. The van der Waals surface area contributed by atoms with E-state index in [0.29, 0.717) is 17.4 Å². The van der Waals surface area contributed by atoms with Crippen molar-refractivity contribution in [2.24, 2.45) is 0 Å². The van der Waals surface area contributed by atoms with Gasteiger partial charge in [0, 0.05) is 6.42 Å². The van der Waals surface area contributed by atoms with Crippen molar-refractivity contribution in [3.05, 3.63) is 60.8 Å². The number of allylic oxidation sites excluding steroid dienone is 9. The monoisotopic (exact) mass is 765 g/mol. The summed E-state index contributed by atoms with van der Waals surface area (Å²) in [5, 5.41) is 13.7. The zero-order valence-electron chi connectivity index (χ0n) is 34.7. The molecule has 8 nitrogen and oxygen atoms in total. The third-order valence-corrected chi connectivity index (χ3v) is 9.89. The number of amides is 1. The summed E-state index contributed by atoms with van der Waals surface area (Å²) in [6, 6.07) is -0.917. The number of carbonyl (C=O) groups excluding carboxylic acids is 1. The SMILES string of the molecule is CCCCC/C=C\C/C=C\CCCCCCCC(=O)NC(COP(=O)([O-])OCC[N+](C)(C)C)C(O)/C=C/CC/C=C/CC/C=C/CCCCCCCC. The largest absolute Gasteiger partial charge is 0.756 e. The van der Waals surface area contributed by atoms with Crippen LogP contribution < -0.4 is 10.2 Å². The van der Waals surface area contributed by atoms with Gasteiger partial charge < -0.3 is 28.8 Å². The van der Waals surface area contributed by atoms with Gasteiger partial charge in [-0.1, -0.05) is 139 Å². The number of hydrogen-bond acceptors (Lipinski definition) is 6. The van der Waals surface area contributed by atoms with Crippen molar-refractivity contribution in [2.75, 3.05) is 40.9 Å². The van der Waals surface area contributed by atoms with Crippen LogP contribution in [0.1, 0.15) is 162 Å². The lowest BCUT2D eigenvalue weighted by molar-refractivity contribution is -0.870. The van der Waals surface area contributed by atoms with E-state index < -0.39 is 26.6 Å². The first kappa shape index (κ1) is 51.2. The number of nitrogens with zero attached hydrogens (tertiary/aromatic N) is 1. The van der Waals surface area contributed by atoms with Gasteiger partial charge in [0.2, 0.25) is 5.91 Å². The van der Waals surface area contributed by atoms with Gasteiger partial charge in [0.05, 0.1) is 39.9 Å². The zero-order valence-corrected chi connectivity index (χ0v) is 35.6. The summed E-state index contributed by atoms with van der Waals surface area (Å²) in [6.45, 7) is 4.54. The number of rotatable bonds is 37. The normalized spacial score (nSPS) is 15.1. The molecular formula is C44H81N2O6P. The summed E-state index contributed by atoms with van der Waals surface area (Å²) in [4.78, 5) is 25.2. The molecule has 3 atom stereocenters. The number of phosphoric acid groups is 1. The Labute approximate surface area is 326 Å². The molecule has 0 radical (unpaired) electrons. The van der Waals surface area contributed by atoms with Gasteiger partial charge in [-0.15, -0.1) is 0 Å². The second kappa shape index (κ2) is 35.9. The first-order valence-corrected chi connectivity index (χ1v) is 22.6. The zero-order chi connectivity index (χ0) is 39.3. The Morgan fingerprint density at radius 3 is 1.68 bits per heavy atom. The molecule has 0 spiro atoms. The van der Waals surface area contributed by atoms with Gasteiger partial charge in [-0.25, -0.2) is 0 Å². The van der Waals surface area contributed by atoms with Gasteiger partial charge in [0.25, 0.3) is 7.82 Å². The Morgan fingerprint density at radius 1 is 0.660 bits per heavy atom. The van der Waals surface area contributed by atoms with Crippen LogP contribution in [0.4, 0.5) is 0 Å². The number of quaternary nitrogens is 1. The topological polar surface area (TPSA) is 108 Å². The van der Waals surface area contributed by atoms with E-state index in [2.05, 4.69) is 67.8 Å². The number of aliphatic hydroxyl groups excluding tert-OH is 1. The van der Waals surface area contributed by atoms with E-state index in [0.717, 1.165) is 70.6 Å². The summed E-state index contributed by atoms with van der Waals surface area (Å²) in [6.07, 6.45) is 45.5. The van der Waals surface area contributed by atoms with Crippen LogP contribution in [-0.4, -0.2) is 68.5 Å². The highest BCUT2D eigenvalue weighted by Gasteiger charge is 2.23. The fourth-order valence-electron chi connectivity index (χ4n) is 5.51. The first-order chi connectivity index (χ1) is 25.5. The minimum atomic E-state index is -4.60. The average Bonchev–Trinajstić information content (AvgIpc) is 3.10. The molecule has 0 bridgehead atoms. The Kier molecular flexibility index (Phi) is 34.7. The first-order valence-electron chi connectivity index (χ1n) is 21.2. The Morgan fingerprint density at radius 2 is 1.11 bits per heavy atom. The summed E-state index contributed by atoms with van der Waals surface area (Å²) < 4.78 is 23.1. The van der Waals surface area contributed by atoms with Crippen molar-refractivity contribution in [3.8, 4) is 0 Å². The van der Waals surface area contributed by atoms with Crippen molar-refractivity contribution in [1.29, 1.82) is 0 Å². The van der Waals surface area contributed by atoms with E-state index in [1.807, 2.05) is 27.2 Å². The molecule has 0 aliphatic rings. The van der Waals surface area contributed by atoms with Gasteiger partial charge in [-0.2, -0.15) is 0 Å². The van der Waals surface area contributed by atoms with Crippen LogP contribution in [0.3, 0.4) is 0 Å². The maximum absolute atomic E-state index is 12.8. The third-order valence-electron chi connectivity index (χ3n) is 8.93. The Hall–Kier alpha value is -1.80. The van der Waals surface area contributed by atoms with E-state index in [1.54, 1.807) is 6.08 Å². The molecule has 53 heavy (non-hydrogen) atoms. The molecule has 9 heteroatoms. The average molecular weight is 765 g/mol. The van der Waals surface area contributed by atoms with E-state index in [9.17, 15) is 19.4 Å². The summed E-state index contributed by atoms with van der Waals surface area (Å²) >= 11 is 0. The predicted molar refractivity (Wildman–Crippen MR) is 224 cm³/mol. The number of nitrogens with one attached hydrogen (secondary N) is 1. The van der Waals surface area contributed by atoms with Gasteiger partial charge in [-0.3, -0.25) is 9.36 Å². The van der Waals surface area contributed by atoms with Gasteiger partial charge in [-0.05, 0) is 77.0 Å². The van der Waals surface area contributed by atoms with Crippen LogP contribution in [0.25, 0.3) is 0 Å². The molecule has 0 aromatic rings. The molecule has 2 N–H and O–H groups in total. The van der Waals surface area contributed by atoms with Gasteiger partial charge >= 0.3 is 0 Å². The summed E-state index contributed by atoms with van der Waals surface area (Å²) in [7, 11) is 1.21. The smallest absolute Gasteiger partial charge is 0.268 e. The minimum absolute atomic E-state index is 0.0143. The number of likely N-dealkylation sites (N-methyl/N-ethyl adjacent to an activating group) is 1. The standard InChI is InChI=1S/C44H81N2O6P/c1-6-8-10-12-14-16-18-20-22-24-25-27-29-31-33-35-37-43(47)42(41-52-53(49,50)51-40-39-46(3,4)5)45-44(48)38-36-34-32-30-28-26-23-21-19-17-15-13-11-9-7-2/h15,17,20-23,27,29,35,37,42-43,47H,6-14,16,18-19,24-26,28,30-34,36,38-41H2,1-5H3,(H-,45,48,49,50)/b17-15-,22-20+,23-21-,29-27+,37-35+. The van der Waals surface area contributed by atoms with E-state index >= 15 is 0 Å². The molecule has 0 saturated heterocycles. The van der Waals surface area contributed by atoms with Crippen molar-refractivity contribution in [2.45, 2.75) is 174 Å². The van der Waals surface area contributed by atoms with Crippen LogP contribution in [0, 0.1) is 0 Å². The molecule has 0 aliphatic carbocycles. The van der Waals surface area contributed by atoms with Crippen LogP contribution in [0.5, 0.6) is 0 Å². The summed E-state index contributed by atoms with van der Waals surface area (Å²) in [5.41, 5.74) is 0. The minimum Gasteiger partial charge on any atom is -0.756 e. The number of phosphoric ester groups is 1. The molecule has 0 heterocycles. The van der Waals surface area contributed by atoms with Crippen molar-refractivity contribution in [3.63, 3.8) is 0 Å². The second-order valence-corrected chi connectivity index (χ2v) is 16.7. The second-order valence-electron chi connectivity index (χ2n) is 15.3. The fraction of sp³-hybridized carbons (Fsp3) is 0.750. The Balaban J connectivity index is 4.60. The molecule has 0 fully saturated rings. The lowest BCUT2D eigenvalue weighted by atomic mass is 10.1. The van der Waals surface area contributed by atoms with Crippen molar-refractivity contribution >= 4 is 13.7 Å². The number of carbonyl (C=O) groups is 1. The maximum atomic E-state index is 12.8. The molecule has 0 aromatic heterocycles. The van der Waals surface area contributed by atoms with E-state index in [-0.39, 0.29) is 12.5 Å². The molecular weight excluding hydrogens is 683 g/mol. The molecule has 0 saturated carbocycles. The fourth-order valence-corrected chi connectivity index (χ4v) is 6.23. The third kappa shape index (κ3) is 38.3. The highest BCUT2D eigenvalue weighted by molar-refractivity contribution is 7.45. The van der Waals surface area contributed by atoms with Crippen molar-refractivity contribution in [1.82, 2.24) is 5.32 Å². The van der Waals surface area contributed by atoms with E-state index in [1.165, 1.54) is 70.6 Å². The van der Waals surface area contributed by atoms with Crippen LogP contribution in [-0.2, 0) is 18.4 Å². The number of hydrogen-bond donors (Lipinski definition) is 2. The molecule has 0 aromatic carbocycles. The van der Waals surface area contributed by atoms with Gasteiger partial charge in [0.1, 0.15) is 13.2 Å². The molecule has 3 unspecified atom stereocenters. The van der Waals surface area contributed by atoms with Gasteiger partial charge in [0.15, 0.2) is 0 Å². The maximum Gasteiger partial charge on any atom is 0.268 e. The molecule has 0 rings (SSSR count). The molecule has 308 valence electrons. The Bertz CT molecular complexity index is 1050. The van der Waals surface area contributed by atoms with Crippen LogP contribution >= 0.6 is 7.82 Å². The molecule has 0 aliphatic heterocycles. The predicted octanol–water partition coefficient (Wildman–Crippen LogP) is 10.8. The van der Waals surface area contributed by atoms with Crippen molar-refractivity contribution < 1.29 is 32.9 Å². The van der Waals surface area contributed by atoms with E-state index in [4.69, 9.17) is 9.05 Å². The number of aliphatic hydroxyl groups is 1.